The normalized spacial score (nSPS) is 10.3. The lowest BCUT2D eigenvalue weighted by molar-refractivity contribution is 0.305. The molecular formula is C13H11Cl2NO. The molecule has 0 atom stereocenters. The molecule has 0 aliphatic carbocycles. The van der Waals surface area contributed by atoms with Crippen LogP contribution in [-0.4, -0.2) is 4.98 Å². The highest BCUT2D eigenvalue weighted by molar-refractivity contribution is 6.31. The second-order valence-corrected chi connectivity index (χ2v) is 4.42. The third kappa shape index (κ3) is 3.11. The average molecular weight is 268 g/mol. The summed E-state index contributed by atoms with van der Waals surface area (Å²) in [5.41, 5.74) is 1.85. The van der Waals surface area contributed by atoms with Crippen LogP contribution in [0.25, 0.3) is 0 Å². The van der Waals surface area contributed by atoms with Gasteiger partial charge in [0.05, 0.1) is 0 Å². The summed E-state index contributed by atoms with van der Waals surface area (Å²) in [5.74, 6) is 0.770. The van der Waals surface area contributed by atoms with Crippen LogP contribution in [0.4, 0.5) is 0 Å². The quantitative estimate of drug-likeness (QED) is 0.775. The Labute approximate surface area is 110 Å². The van der Waals surface area contributed by atoms with Crippen molar-refractivity contribution in [2.75, 3.05) is 0 Å². The van der Waals surface area contributed by atoms with Gasteiger partial charge < -0.3 is 4.74 Å². The molecule has 0 aliphatic rings. The first-order valence-corrected chi connectivity index (χ1v) is 5.91. The van der Waals surface area contributed by atoms with Crippen molar-refractivity contribution in [1.29, 1.82) is 0 Å². The summed E-state index contributed by atoms with van der Waals surface area (Å²) in [5, 5.41) is 1.20. The van der Waals surface area contributed by atoms with Crippen LogP contribution in [0.15, 0.2) is 36.5 Å². The van der Waals surface area contributed by atoms with Crippen LogP contribution in [0.2, 0.25) is 10.2 Å². The second-order valence-electron chi connectivity index (χ2n) is 3.65. The predicted octanol–water partition coefficient (Wildman–Crippen LogP) is 4.28. The van der Waals surface area contributed by atoms with E-state index in [-0.39, 0.29) is 0 Å². The molecule has 0 bridgehead atoms. The molecule has 0 saturated carbocycles. The second kappa shape index (κ2) is 5.39. The molecular weight excluding hydrogens is 257 g/mol. The largest absolute Gasteiger partial charge is 0.489 e. The number of benzene rings is 1. The Morgan fingerprint density at radius 3 is 2.76 bits per heavy atom. The molecule has 88 valence electrons. The highest BCUT2D eigenvalue weighted by Crippen LogP contribution is 2.22. The molecule has 0 amide bonds. The van der Waals surface area contributed by atoms with Crippen LogP contribution < -0.4 is 4.74 Å². The van der Waals surface area contributed by atoms with Crippen molar-refractivity contribution in [1.82, 2.24) is 4.98 Å². The van der Waals surface area contributed by atoms with E-state index in [4.69, 9.17) is 27.9 Å². The molecule has 0 N–H and O–H groups in total. The van der Waals surface area contributed by atoms with Gasteiger partial charge in [0.25, 0.3) is 0 Å². The van der Waals surface area contributed by atoms with Gasteiger partial charge in [0.2, 0.25) is 0 Å². The van der Waals surface area contributed by atoms with Gasteiger partial charge in [0, 0.05) is 16.8 Å². The van der Waals surface area contributed by atoms with Crippen molar-refractivity contribution in [3.8, 4) is 5.75 Å². The first-order chi connectivity index (χ1) is 8.16. The number of halogens is 2. The molecule has 1 heterocycles. The van der Waals surface area contributed by atoms with Gasteiger partial charge in [0.15, 0.2) is 0 Å². The topological polar surface area (TPSA) is 22.1 Å². The van der Waals surface area contributed by atoms with Crippen molar-refractivity contribution < 1.29 is 4.74 Å². The van der Waals surface area contributed by atoms with E-state index in [0.29, 0.717) is 11.8 Å². The van der Waals surface area contributed by atoms with Crippen LogP contribution in [0, 0.1) is 6.92 Å². The highest BCUT2D eigenvalue weighted by Gasteiger charge is 2.02. The van der Waals surface area contributed by atoms with E-state index >= 15 is 0 Å². The number of hydrogen-bond donors (Lipinski definition) is 0. The summed E-state index contributed by atoms with van der Waals surface area (Å²) in [4.78, 5) is 3.99. The van der Waals surface area contributed by atoms with Gasteiger partial charge in [-0.25, -0.2) is 4.98 Å². The molecule has 17 heavy (non-hydrogen) atoms. The zero-order valence-corrected chi connectivity index (χ0v) is 10.8. The van der Waals surface area contributed by atoms with Crippen molar-refractivity contribution in [2.24, 2.45) is 0 Å². The summed E-state index contributed by atoms with van der Waals surface area (Å²) >= 11 is 11.9. The Kier molecular flexibility index (Phi) is 3.87. The van der Waals surface area contributed by atoms with Crippen molar-refractivity contribution in [2.45, 2.75) is 13.5 Å². The SMILES string of the molecule is Cc1cc(OCc2cccnc2Cl)ccc1Cl. The molecule has 0 radical (unpaired) electrons. The fraction of sp³-hybridized carbons (Fsp3) is 0.154. The number of nitrogens with zero attached hydrogens (tertiary/aromatic N) is 1. The average Bonchev–Trinajstić information content (AvgIpc) is 2.32. The summed E-state index contributed by atoms with van der Waals surface area (Å²) in [6, 6.07) is 9.26. The number of aromatic nitrogens is 1. The minimum atomic E-state index is 0.397. The highest BCUT2D eigenvalue weighted by atomic mass is 35.5. The van der Waals surface area contributed by atoms with E-state index in [1.54, 1.807) is 6.20 Å². The van der Waals surface area contributed by atoms with E-state index in [9.17, 15) is 0 Å². The molecule has 2 nitrogen and oxygen atoms in total. The Hall–Kier alpha value is -1.25. The summed E-state index contributed by atoms with van der Waals surface area (Å²) in [7, 11) is 0. The van der Waals surface area contributed by atoms with Gasteiger partial charge in [-0.15, -0.1) is 0 Å². The first-order valence-electron chi connectivity index (χ1n) is 5.15. The van der Waals surface area contributed by atoms with E-state index < -0.39 is 0 Å². The van der Waals surface area contributed by atoms with Gasteiger partial charge in [-0.1, -0.05) is 29.3 Å². The van der Waals surface area contributed by atoms with Crippen LogP contribution in [-0.2, 0) is 6.61 Å². The van der Waals surface area contributed by atoms with E-state index in [1.807, 2.05) is 37.3 Å². The molecule has 0 fully saturated rings. The maximum atomic E-state index is 5.94. The van der Waals surface area contributed by atoms with E-state index in [1.165, 1.54) is 0 Å². The summed E-state index contributed by atoms with van der Waals surface area (Å²) in [6.45, 7) is 2.33. The number of aryl methyl sites for hydroxylation is 1. The molecule has 0 spiro atoms. The maximum absolute atomic E-state index is 5.94. The number of pyridine rings is 1. The Bertz CT molecular complexity index is 529. The van der Waals surface area contributed by atoms with Crippen LogP contribution >= 0.6 is 23.2 Å². The van der Waals surface area contributed by atoms with Gasteiger partial charge in [-0.2, -0.15) is 0 Å². The van der Waals surface area contributed by atoms with Crippen LogP contribution in [0.3, 0.4) is 0 Å². The zero-order valence-electron chi connectivity index (χ0n) is 9.28. The molecule has 0 saturated heterocycles. The minimum absolute atomic E-state index is 0.397. The molecule has 2 rings (SSSR count). The minimum Gasteiger partial charge on any atom is -0.489 e. The number of hydrogen-bond acceptors (Lipinski definition) is 2. The van der Waals surface area contributed by atoms with Crippen molar-refractivity contribution in [3.63, 3.8) is 0 Å². The fourth-order valence-corrected chi connectivity index (χ4v) is 1.69. The lowest BCUT2D eigenvalue weighted by atomic mass is 10.2. The molecule has 0 unspecified atom stereocenters. The standard InChI is InChI=1S/C13H11Cl2NO/c1-9-7-11(4-5-12(9)14)17-8-10-3-2-6-16-13(10)15/h2-7H,8H2,1H3. The van der Waals surface area contributed by atoms with Gasteiger partial charge in [-0.05, 0) is 36.8 Å². The zero-order chi connectivity index (χ0) is 12.3. The van der Waals surface area contributed by atoms with Crippen LogP contribution in [0.5, 0.6) is 5.75 Å². The molecule has 1 aromatic carbocycles. The Morgan fingerprint density at radius 1 is 1.24 bits per heavy atom. The van der Waals surface area contributed by atoms with Crippen molar-refractivity contribution >= 4 is 23.2 Å². The predicted molar refractivity (Wildman–Crippen MR) is 69.8 cm³/mol. The van der Waals surface area contributed by atoms with Crippen molar-refractivity contribution in [3.05, 3.63) is 57.8 Å². The monoisotopic (exact) mass is 267 g/mol. The Morgan fingerprint density at radius 2 is 2.06 bits per heavy atom. The lowest BCUT2D eigenvalue weighted by Crippen LogP contribution is -1.97. The third-order valence-electron chi connectivity index (χ3n) is 2.36. The van der Waals surface area contributed by atoms with Gasteiger partial charge >= 0.3 is 0 Å². The summed E-state index contributed by atoms with van der Waals surface area (Å²) < 4.78 is 5.63. The Balaban J connectivity index is 2.08. The maximum Gasteiger partial charge on any atom is 0.135 e. The van der Waals surface area contributed by atoms with Gasteiger partial charge in [0.1, 0.15) is 17.5 Å². The molecule has 2 aromatic rings. The lowest BCUT2D eigenvalue weighted by Gasteiger charge is -2.08. The molecule has 1 aromatic heterocycles. The smallest absolute Gasteiger partial charge is 0.135 e. The third-order valence-corrected chi connectivity index (χ3v) is 3.12. The fourth-order valence-electron chi connectivity index (χ4n) is 1.40. The first kappa shape index (κ1) is 12.2. The van der Waals surface area contributed by atoms with E-state index in [2.05, 4.69) is 4.98 Å². The number of ether oxygens (including phenoxy) is 1. The van der Waals surface area contributed by atoms with E-state index in [0.717, 1.165) is 21.9 Å². The molecule has 4 heteroatoms. The number of rotatable bonds is 3. The summed E-state index contributed by atoms with van der Waals surface area (Å²) in [6.07, 6.45) is 1.65. The molecule has 0 aliphatic heterocycles. The van der Waals surface area contributed by atoms with Crippen LogP contribution in [0.1, 0.15) is 11.1 Å². The van der Waals surface area contributed by atoms with Gasteiger partial charge in [-0.3, -0.25) is 0 Å².